The summed E-state index contributed by atoms with van der Waals surface area (Å²) in [7, 11) is 0. The zero-order valence-corrected chi connectivity index (χ0v) is 16.9. The van der Waals surface area contributed by atoms with Gasteiger partial charge >= 0.3 is 5.97 Å². The lowest BCUT2D eigenvalue weighted by Crippen LogP contribution is -2.35. The number of nitrogens with one attached hydrogen (secondary N) is 2. The molecule has 0 atom stereocenters. The molecule has 0 unspecified atom stereocenters. The normalized spacial score (nSPS) is 13.2. The van der Waals surface area contributed by atoms with Crippen LogP contribution in [0.2, 0.25) is 0 Å². The molecule has 3 aromatic rings. The van der Waals surface area contributed by atoms with Crippen LogP contribution in [0.15, 0.2) is 64.9 Å². The number of amides is 1. The van der Waals surface area contributed by atoms with Gasteiger partial charge < -0.3 is 19.8 Å². The third-order valence-corrected chi connectivity index (χ3v) is 4.71. The summed E-state index contributed by atoms with van der Waals surface area (Å²) in [4.78, 5) is 34.6. The van der Waals surface area contributed by atoms with Crippen LogP contribution in [0.4, 0.5) is 11.4 Å². The second-order valence-corrected chi connectivity index (χ2v) is 6.80. The third-order valence-electron chi connectivity index (χ3n) is 4.71. The molecule has 8 heteroatoms. The van der Waals surface area contributed by atoms with Crippen LogP contribution in [0.1, 0.15) is 30.0 Å². The molecule has 1 aromatic carbocycles. The summed E-state index contributed by atoms with van der Waals surface area (Å²) < 4.78 is 7.03. The lowest BCUT2D eigenvalue weighted by atomic mass is 10.2. The average molecular weight is 403 g/mol. The van der Waals surface area contributed by atoms with Crippen LogP contribution in [0.25, 0.3) is 5.65 Å². The molecule has 0 saturated heterocycles. The van der Waals surface area contributed by atoms with Gasteiger partial charge in [-0.25, -0.2) is 14.8 Å². The zero-order chi connectivity index (χ0) is 21.3. The summed E-state index contributed by atoms with van der Waals surface area (Å²) in [6.07, 6.45) is 1.66. The number of hydrogen-bond donors (Lipinski definition) is 2. The largest absolute Gasteiger partial charge is 0.462 e. The number of carbonyl (C=O) groups is 2. The van der Waals surface area contributed by atoms with Crippen molar-refractivity contribution in [2.75, 3.05) is 11.9 Å². The molecule has 0 spiro atoms. The number of aryl methyl sites for hydroxylation is 1. The molecule has 0 radical (unpaired) electrons. The van der Waals surface area contributed by atoms with Crippen molar-refractivity contribution in [2.45, 2.75) is 20.8 Å². The molecule has 2 N–H and O–H groups in total. The van der Waals surface area contributed by atoms with E-state index in [2.05, 4.69) is 20.6 Å². The Labute approximate surface area is 173 Å². The van der Waals surface area contributed by atoms with Gasteiger partial charge in [-0.3, -0.25) is 4.79 Å². The fourth-order valence-corrected chi connectivity index (χ4v) is 3.27. The minimum atomic E-state index is -0.569. The molecule has 30 heavy (non-hydrogen) atoms. The number of nitrogens with zero attached hydrogens (tertiary/aromatic N) is 3. The lowest BCUT2D eigenvalue weighted by molar-refractivity contribution is -0.137. The first-order chi connectivity index (χ1) is 14.5. The minimum Gasteiger partial charge on any atom is -0.462 e. The number of aromatic nitrogens is 2. The van der Waals surface area contributed by atoms with Gasteiger partial charge in [-0.2, -0.15) is 0 Å². The van der Waals surface area contributed by atoms with Crippen molar-refractivity contribution in [3.8, 4) is 0 Å². The van der Waals surface area contributed by atoms with E-state index >= 15 is 0 Å². The molecule has 4 rings (SSSR count). The van der Waals surface area contributed by atoms with Crippen LogP contribution in [0.3, 0.4) is 0 Å². The van der Waals surface area contributed by atoms with Gasteiger partial charge in [0.25, 0.3) is 5.91 Å². The molecule has 1 amide bonds. The number of anilines is 1. The molecular weight excluding hydrogens is 382 g/mol. The molecular formula is C22H21N5O3. The minimum absolute atomic E-state index is 0.113. The van der Waals surface area contributed by atoms with Crippen molar-refractivity contribution in [2.24, 2.45) is 4.99 Å². The smallest absolute Gasteiger partial charge is 0.343 e. The molecule has 0 fully saturated rings. The summed E-state index contributed by atoms with van der Waals surface area (Å²) in [5.41, 5.74) is 3.85. The number of amidine groups is 1. The summed E-state index contributed by atoms with van der Waals surface area (Å²) in [5, 5.41) is 5.93. The maximum Gasteiger partial charge on any atom is 0.343 e. The van der Waals surface area contributed by atoms with E-state index in [0.29, 0.717) is 17.0 Å². The summed E-state index contributed by atoms with van der Waals surface area (Å²) in [5.74, 6) is -0.923. The fraction of sp³-hybridized carbons (Fsp3) is 0.182. The Hall–Kier alpha value is -3.94. The Morgan fingerprint density at radius 1 is 1.13 bits per heavy atom. The summed E-state index contributed by atoms with van der Waals surface area (Å²) >= 11 is 0. The Morgan fingerprint density at radius 2 is 1.93 bits per heavy atom. The molecule has 1 aliphatic heterocycles. The number of ether oxygens (including phenoxy) is 1. The Kier molecular flexibility index (Phi) is 5.05. The van der Waals surface area contributed by atoms with E-state index in [1.807, 2.05) is 47.7 Å². The maximum absolute atomic E-state index is 13.0. The average Bonchev–Trinajstić information content (AvgIpc) is 3.10. The van der Waals surface area contributed by atoms with Gasteiger partial charge in [-0.1, -0.05) is 18.2 Å². The van der Waals surface area contributed by atoms with Gasteiger partial charge in [0.05, 0.1) is 18.0 Å². The van der Waals surface area contributed by atoms with Gasteiger partial charge in [-0.05, 0) is 45.0 Å². The summed E-state index contributed by atoms with van der Waals surface area (Å²) in [6, 6.07) is 13.0. The highest BCUT2D eigenvalue weighted by Gasteiger charge is 2.27. The first-order valence-corrected chi connectivity index (χ1v) is 9.57. The summed E-state index contributed by atoms with van der Waals surface area (Å²) in [6.45, 7) is 5.60. The van der Waals surface area contributed by atoms with Gasteiger partial charge in [0, 0.05) is 17.6 Å². The highest BCUT2D eigenvalue weighted by molar-refractivity contribution is 6.25. The number of para-hydroxylation sites is 2. The van der Waals surface area contributed by atoms with E-state index in [0.717, 1.165) is 11.4 Å². The number of esters is 1. The second-order valence-electron chi connectivity index (χ2n) is 6.80. The van der Waals surface area contributed by atoms with Crippen LogP contribution >= 0.6 is 0 Å². The van der Waals surface area contributed by atoms with Crippen LogP contribution < -0.4 is 10.6 Å². The third kappa shape index (κ3) is 3.55. The van der Waals surface area contributed by atoms with Crippen molar-refractivity contribution >= 4 is 34.7 Å². The number of aliphatic imine (C=N–C) groups is 1. The fourth-order valence-electron chi connectivity index (χ4n) is 3.27. The van der Waals surface area contributed by atoms with Gasteiger partial charge in [0.1, 0.15) is 22.7 Å². The van der Waals surface area contributed by atoms with E-state index in [9.17, 15) is 9.59 Å². The van der Waals surface area contributed by atoms with Crippen molar-refractivity contribution in [3.05, 3.63) is 71.3 Å². The number of benzene rings is 1. The van der Waals surface area contributed by atoms with Crippen molar-refractivity contribution in [3.63, 3.8) is 0 Å². The van der Waals surface area contributed by atoms with Crippen LogP contribution in [0.5, 0.6) is 0 Å². The predicted octanol–water partition coefficient (Wildman–Crippen LogP) is 3.37. The molecule has 0 bridgehead atoms. The highest BCUT2D eigenvalue weighted by atomic mass is 16.5. The zero-order valence-electron chi connectivity index (χ0n) is 16.9. The highest BCUT2D eigenvalue weighted by Crippen LogP contribution is 2.30. The number of carbonyl (C=O) groups excluding carboxylic acids is 2. The molecule has 3 heterocycles. The first kappa shape index (κ1) is 19.4. The number of imidazole rings is 1. The number of allylic oxidation sites excluding steroid dienone is 1. The predicted molar refractivity (Wildman–Crippen MR) is 114 cm³/mol. The monoisotopic (exact) mass is 403 g/mol. The quantitative estimate of drug-likeness (QED) is 0.654. The SMILES string of the molecule is CCOC(=O)C1=C(C)Nc2ccccc2N=C1NC(=O)c1cn2c(C)cccc2n1. The number of rotatable bonds is 3. The molecule has 2 aromatic heterocycles. The van der Waals surface area contributed by atoms with Gasteiger partial charge in [-0.15, -0.1) is 0 Å². The van der Waals surface area contributed by atoms with E-state index in [-0.39, 0.29) is 23.7 Å². The first-order valence-electron chi connectivity index (χ1n) is 9.57. The molecule has 1 aliphatic rings. The Balaban J connectivity index is 1.75. The molecule has 0 saturated carbocycles. The molecule has 152 valence electrons. The van der Waals surface area contributed by atoms with Crippen LogP contribution in [-0.2, 0) is 9.53 Å². The molecule has 0 aliphatic carbocycles. The van der Waals surface area contributed by atoms with Gasteiger partial charge in [0.15, 0.2) is 0 Å². The lowest BCUT2D eigenvalue weighted by Gasteiger charge is -2.12. The van der Waals surface area contributed by atoms with Crippen LogP contribution in [0, 0.1) is 6.92 Å². The second kappa shape index (κ2) is 7.82. The van der Waals surface area contributed by atoms with E-state index in [1.165, 1.54) is 0 Å². The van der Waals surface area contributed by atoms with E-state index in [4.69, 9.17) is 4.74 Å². The molecule has 8 nitrogen and oxygen atoms in total. The standard InChI is InChI=1S/C22H21N5O3/c1-4-30-22(29)19-14(3)23-15-9-5-6-10-16(15)25-20(19)26-21(28)17-12-27-13(2)8-7-11-18(27)24-17/h5-12,23H,4H2,1-3H3,(H,25,26,28). The number of fused-ring (bicyclic) bond motifs is 2. The Bertz CT molecular complexity index is 1220. The maximum atomic E-state index is 13.0. The Morgan fingerprint density at radius 3 is 2.70 bits per heavy atom. The van der Waals surface area contributed by atoms with Crippen molar-refractivity contribution in [1.82, 2.24) is 14.7 Å². The van der Waals surface area contributed by atoms with E-state index in [1.54, 1.807) is 26.1 Å². The van der Waals surface area contributed by atoms with Gasteiger partial charge in [0.2, 0.25) is 0 Å². The number of hydrogen-bond acceptors (Lipinski definition) is 6. The topological polar surface area (TPSA) is 97.1 Å². The van der Waals surface area contributed by atoms with Crippen molar-refractivity contribution < 1.29 is 14.3 Å². The van der Waals surface area contributed by atoms with Crippen LogP contribution in [-0.4, -0.2) is 33.7 Å². The van der Waals surface area contributed by atoms with Crippen molar-refractivity contribution in [1.29, 1.82) is 0 Å². The number of pyridine rings is 1. The van der Waals surface area contributed by atoms with E-state index < -0.39 is 11.9 Å².